The average Bonchev–Trinajstić information content (AvgIpc) is 2.71. The summed E-state index contributed by atoms with van der Waals surface area (Å²) in [5.41, 5.74) is 0.397. The highest BCUT2D eigenvalue weighted by Crippen LogP contribution is 2.38. The molecule has 1 aliphatic heterocycles. The Morgan fingerprint density at radius 3 is 2.30 bits per heavy atom. The third-order valence-electron chi connectivity index (χ3n) is 4.37. The van der Waals surface area contributed by atoms with E-state index in [-0.39, 0.29) is 18.1 Å². The zero-order valence-electron chi connectivity index (χ0n) is 15.8. The van der Waals surface area contributed by atoms with Gasteiger partial charge < -0.3 is 29.0 Å². The third-order valence-corrected chi connectivity index (χ3v) is 4.37. The topological polar surface area (TPSA) is 75.3 Å². The van der Waals surface area contributed by atoms with Crippen molar-refractivity contribution in [2.75, 3.05) is 27.9 Å². The number of hydrogen-bond donors (Lipinski definition) is 1. The molecule has 7 heteroatoms. The number of fused-ring (bicyclic) bond motifs is 1. The van der Waals surface area contributed by atoms with Gasteiger partial charge in [0.15, 0.2) is 29.1 Å². The number of para-hydroxylation sites is 2. The van der Waals surface area contributed by atoms with Crippen LogP contribution in [0.2, 0.25) is 0 Å². The highest BCUT2D eigenvalue weighted by atomic mass is 16.6. The van der Waals surface area contributed by atoms with Crippen LogP contribution in [0.1, 0.15) is 17.3 Å². The van der Waals surface area contributed by atoms with E-state index >= 15 is 0 Å². The fourth-order valence-electron chi connectivity index (χ4n) is 2.88. The lowest BCUT2D eigenvalue weighted by Crippen LogP contribution is -2.48. The van der Waals surface area contributed by atoms with Crippen molar-refractivity contribution in [1.82, 2.24) is 5.32 Å². The van der Waals surface area contributed by atoms with Gasteiger partial charge in [-0.1, -0.05) is 12.1 Å². The smallest absolute Gasteiger partial charge is 0.251 e. The van der Waals surface area contributed by atoms with Gasteiger partial charge in [0.05, 0.1) is 27.4 Å². The molecule has 2 atom stereocenters. The molecule has 0 fully saturated rings. The molecule has 3 rings (SSSR count). The number of nitrogens with one attached hydrogen (secondary N) is 1. The van der Waals surface area contributed by atoms with Crippen molar-refractivity contribution in [1.29, 1.82) is 0 Å². The summed E-state index contributed by atoms with van der Waals surface area (Å²) in [6.45, 7) is 2.23. The van der Waals surface area contributed by atoms with Crippen molar-refractivity contribution >= 4 is 5.91 Å². The maximum absolute atomic E-state index is 12.7. The molecule has 1 amide bonds. The van der Waals surface area contributed by atoms with Crippen LogP contribution in [0.3, 0.4) is 0 Å². The average molecular weight is 373 g/mol. The number of rotatable bonds is 6. The zero-order valence-corrected chi connectivity index (χ0v) is 15.8. The van der Waals surface area contributed by atoms with Gasteiger partial charge in [0.25, 0.3) is 5.91 Å². The summed E-state index contributed by atoms with van der Waals surface area (Å²) in [4.78, 5) is 12.7. The third kappa shape index (κ3) is 3.86. The van der Waals surface area contributed by atoms with Crippen molar-refractivity contribution in [3.8, 4) is 28.7 Å². The lowest BCUT2D eigenvalue weighted by atomic mass is 10.1. The van der Waals surface area contributed by atoms with Crippen molar-refractivity contribution in [3.05, 3.63) is 42.0 Å². The maximum atomic E-state index is 12.7. The molecule has 0 saturated heterocycles. The fraction of sp³-hybridized carbons (Fsp3) is 0.350. The van der Waals surface area contributed by atoms with Gasteiger partial charge in [-0.15, -0.1) is 0 Å². The number of amides is 1. The van der Waals surface area contributed by atoms with Crippen LogP contribution in [-0.2, 0) is 0 Å². The van der Waals surface area contributed by atoms with E-state index < -0.39 is 0 Å². The molecule has 1 N–H and O–H groups in total. The molecule has 0 spiro atoms. The van der Waals surface area contributed by atoms with Crippen molar-refractivity contribution < 1.29 is 28.5 Å². The van der Waals surface area contributed by atoms with Gasteiger partial charge >= 0.3 is 0 Å². The molecular weight excluding hydrogens is 350 g/mol. The second-order valence-electron chi connectivity index (χ2n) is 6.09. The predicted molar refractivity (Wildman–Crippen MR) is 99.4 cm³/mol. The minimum Gasteiger partial charge on any atom is -0.493 e. The van der Waals surface area contributed by atoms with E-state index in [9.17, 15) is 4.79 Å². The van der Waals surface area contributed by atoms with Crippen molar-refractivity contribution in [2.24, 2.45) is 0 Å². The van der Waals surface area contributed by atoms with Crippen LogP contribution >= 0.6 is 0 Å². The molecule has 2 unspecified atom stereocenters. The minimum atomic E-state index is -0.300. The van der Waals surface area contributed by atoms with Gasteiger partial charge in [0.1, 0.15) is 6.61 Å². The highest BCUT2D eigenvalue weighted by Gasteiger charge is 2.28. The Bertz CT molecular complexity index is 797. The van der Waals surface area contributed by atoms with Crippen LogP contribution in [0.4, 0.5) is 0 Å². The Balaban J connectivity index is 1.73. The van der Waals surface area contributed by atoms with Gasteiger partial charge in [-0.25, -0.2) is 0 Å². The summed E-state index contributed by atoms with van der Waals surface area (Å²) in [7, 11) is 4.53. The lowest BCUT2D eigenvalue weighted by Gasteiger charge is -2.30. The quantitative estimate of drug-likeness (QED) is 0.839. The van der Waals surface area contributed by atoms with Gasteiger partial charge in [0.2, 0.25) is 5.75 Å². The number of carbonyl (C=O) groups excluding carboxylic acids is 1. The SMILES string of the molecule is COc1cc(C(=O)NC(C)C2COc3ccccc3O2)cc(OC)c1OC. The fourth-order valence-corrected chi connectivity index (χ4v) is 2.88. The Labute approximate surface area is 158 Å². The van der Waals surface area contributed by atoms with Gasteiger partial charge in [-0.05, 0) is 31.2 Å². The van der Waals surface area contributed by atoms with Crippen molar-refractivity contribution in [2.45, 2.75) is 19.1 Å². The molecular formula is C20H23NO6. The molecule has 1 aliphatic rings. The van der Waals surface area contributed by atoms with E-state index in [4.69, 9.17) is 23.7 Å². The van der Waals surface area contributed by atoms with Crippen LogP contribution < -0.4 is 29.0 Å². The summed E-state index contributed by atoms with van der Waals surface area (Å²) in [6.07, 6.45) is -0.300. The lowest BCUT2D eigenvalue weighted by molar-refractivity contribution is 0.0606. The first kappa shape index (κ1) is 18.7. The molecule has 27 heavy (non-hydrogen) atoms. The van der Waals surface area contributed by atoms with Crippen molar-refractivity contribution in [3.63, 3.8) is 0 Å². The second kappa shape index (κ2) is 8.07. The molecule has 0 aromatic heterocycles. The second-order valence-corrected chi connectivity index (χ2v) is 6.09. The number of ether oxygens (including phenoxy) is 5. The Morgan fingerprint density at radius 2 is 1.70 bits per heavy atom. The number of benzene rings is 2. The molecule has 144 valence electrons. The maximum Gasteiger partial charge on any atom is 0.251 e. The van der Waals surface area contributed by atoms with Crippen LogP contribution in [0.15, 0.2) is 36.4 Å². The molecule has 0 bridgehead atoms. The van der Waals surface area contributed by atoms with Gasteiger partial charge in [-0.2, -0.15) is 0 Å². The first-order valence-corrected chi connectivity index (χ1v) is 8.56. The van der Waals surface area contributed by atoms with Crippen LogP contribution in [0.5, 0.6) is 28.7 Å². The van der Waals surface area contributed by atoms with Gasteiger partial charge in [-0.3, -0.25) is 4.79 Å². The summed E-state index contributed by atoms with van der Waals surface area (Å²) in [5, 5.41) is 2.94. The first-order valence-electron chi connectivity index (χ1n) is 8.56. The van der Waals surface area contributed by atoms with E-state index in [1.165, 1.54) is 21.3 Å². The van der Waals surface area contributed by atoms with Crippen LogP contribution in [-0.4, -0.2) is 46.0 Å². The van der Waals surface area contributed by atoms with E-state index in [0.717, 1.165) is 0 Å². The number of carbonyl (C=O) groups is 1. The first-order chi connectivity index (χ1) is 13.1. The predicted octanol–water partition coefficient (Wildman–Crippen LogP) is 2.67. The number of methoxy groups -OCH3 is 3. The normalized spacial score (nSPS) is 16.2. The molecule has 0 aliphatic carbocycles. The van der Waals surface area contributed by atoms with E-state index in [1.54, 1.807) is 12.1 Å². The summed E-state index contributed by atoms with van der Waals surface area (Å²) in [6, 6.07) is 10.4. The number of hydrogen-bond acceptors (Lipinski definition) is 6. The summed E-state index contributed by atoms with van der Waals surface area (Å²) < 4.78 is 27.5. The van der Waals surface area contributed by atoms with E-state index in [1.807, 2.05) is 31.2 Å². The molecule has 0 radical (unpaired) electrons. The molecule has 2 aromatic carbocycles. The monoisotopic (exact) mass is 373 g/mol. The van der Waals surface area contributed by atoms with Gasteiger partial charge in [0, 0.05) is 5.56 Å². The Morgan fingerprint density at radius 1 is 1.07 bits per heavy atom. The molecule has 1 heterocycles. The highest BCUT2D eigenvalue weighted by molar-refractivity contribution is 5.95. The van der Waals surface area contributed by atoms with E-state index in [0.29, 0.717) is 40.9 Å². The summed E-state index contributed by atoms with van der Waals surface area (Å²) in [5.74, 6) is 2.37. The summed E-state index contributed by atoms with van der Waals surface area (Å²) >= 11 is 0. The molecule has 7 nitrogen and oxygen atoms in total. The minimum absolute atomic E-state index is 0.273. The van der Waals surface area contributed by atoms with E-state index in [2.05, 4.69) is 5.32 Å². The Hall–Kier alpha value is -3.09. The standard InChI is InChI=1S/C20H23NO6/c1-12(18-11-26-14-7-5-6-8-15(14)27-18)21-20(22)13-9-16(23-2)19(25-4)17(10-13)24-3/h5-10,12,18H,11H2,1-4H3,(H,21,22). The zero-order chi connectivity index (χ0) is 19.4. The Kier molecular flexibility index (Phi) is 5.59. The molecule has 2 aromatic rings. The van der Waals surface area contributed by atoms with Crippen LogP contribution in [0.25, 0.3) is 0 Å². The largest absolute Gasteiger partial charge is 0.493 e. The van der Waals surface area contributed by atoms with Crippen LogP contribution in [0, 0.1) is 0 Å². The molecule has 0 saturated carbocycles.